The van der Waals surface area contributed by atoms with Crippen LogP contribution >= 0.6 is 0 Å². The van der Waals surface area contributed by atoms with E-state index in [0.29, 0.717) is 12.1 Å². The van der Waals surface area contributed by atoms with Crippen LogP contribution in [-0.2, 0) is 6.54 Å². The van der Waals surface area contributed by atoms with Gasteiger partial charge in [0, 0.05) is 24.2 Å². The molecule has 1 fully saturated rings. The van der Waals surface area contributed by atoms with Crippen LogP contribution in [0.1, 0.15) is 50.2 Å². The third-order valence-corrected chi connectivity index (χ3v) is 4.80. The first-order chi connectivity index (χ1) is 11.1. The van der Waals surface area contributed by atoms with Crippen molar-refractivity contribution in [2.75, 3.05) is 0 Å². The maximum absolute atomic E-state index is 12.8. The van der Waals surface area contributed by atoms with Gasteiger partial charge >= 0.3 is 0 Å². The zero-order chi connectivity index (χ0) is 16.4. The predicted octanol–water partition coefficient (Wildman–Crippen LogP) is 3.79. The van der Waals surface area contributed by atoms with Crippen molar-refractivity contribution < 1.29 is 5.11 Å². The van der Waals surface area contributed by atoms with Gasteiger partial charge in [-0.15, -0.1) is 0 Å². The zero-order valence-electron chi connectivity index (χ0n) is 13.9. The van der Waals surface area contributed by atoms with Gasteiger partial charge in [0.1, 0.15) is 11.3 Å². The fourth-order valence-electron chi connectivity index (χ4n) is 3.53. The van der Waals surface area contributed by atoms with E-state index in [9.17, 15) is 9.90 Å². The Labute approximate surface area is 136 Å². The van der Waals surface area contributed by atoms with Crippen molar-refractivity contribution in [3.63, 3.8) is 0 Å². The Morgan fingerprint density at radius 2 is 2.04 bits per heavy atom. The largest absolute Gasteiger partial charge is 0.506 e. The second kappa shape index (κ2) is 6.57. The lowest BCUT2D eigenvalue weighted by Gasteiger charge is -2.17. The van der Waals surface area contributed by atoms with Crippen LogP contribution in [0.2, 0.25) is 0 Å². The molecule has 0 aliphatic heterocycles. The average molecular weight is 312 g/mol. The van der Waals surface area contributed by atoms with Crippen LogP contribution < -0.4 is 5.56 Å². The number of aliphatic imine (C=N–C) groups is 1. The summed E-state index contributed by atoms with van der Waals surface area (Å²) >= 11 is 0. The van der Waals surface area contributed by atoms with Gasteiger partial charge in [-0.05, 0) is 38.3 Å². The SMILES string of the molecule is CCn1c(=O)c(C=NC2CCCCC2)c(O)c2cccc(C)c21. The molecule has 4 nitrogen and oxygen atoms in total. The molecule has 0 saturated heterocycles. The highest BCUT2D eigenvalue weighted by molar-refractivity contribution is 5.96. The minimum Gasteiger partial charge on any atom is -0.506 e. The summed E-state index contributed by atoms with van der Waals surface area (Å²) in [7, 11) is 0. The smallest absolute Gasteiger partial charge is 0.263 e. The third-order valence-electron chi connectivity index (χ3n) is 4.80. The summed E-state index contributed by atoms with van der Waals surface area (Å²) < 4.78 is 1.73. The molecule has 0 bridgehead atoms. The topological polar surface area (TPSA) is 54.6 Å². The summed E-state index contributed by atoms with van der Waals surface area (Å²) in [6.45, 7) is 4.49. The number of benzene rings is 1. The van der Waals surface area contributed by atoms with E-state index in [1.165, 1.54) is 19.3 Å². The van der Waals surface area contributed by atoms with Gasteiger partial charge in [-0.25, -0.2) is 0 Å². The van der Waals surface area contributed by atoms with Crippen molar-refractivity contribution in [1.82, 2.24) is 4.57 Å². The Morgan fingerprint density at radius 1 is 1.30 bits per heavy atom. The first-order valence-electron chi connectivity index (χ1n) is 8.51. The molecule has 122 valence electrons. The number of para-hydroxylation sites is 1. The number of rotatable bonds is 3. The highest BCUT2D eigenvalue weighted by Crippen LogP contribution is 2.28. The van der Waals surface area contributed by atoms with Crippen LogP contribution in [0.3, 0.4) is 0 Å². The molecule has 0 spiro atoms. The van der Waals surface area contributed by atoms with Crippen LogP contribution in [0, 0.1) is 6.92 Å². The Bertz CT molecular complexity index is 799. The second-order valence-electron chi connectivity index (χ2n) is 6.35. The highest BCUT2D eigenvalue weighted by atomic mass is 16.3. The van der Waals surface area contributed by atoms with E-state index < -0.39 is 0 Å². The first-order valence-corrected chi connectivity index (χ1v) is 8.51. The lowest BCUT2D eigenvalue weighted by molar-refractivity contribution is 0.444. The molecule has 1 aromatic carbocycles. The van der Waals surface area contributed by atoms with Crippen molar-refractivity contribution in [2.45, 2.75) is 58.5 Å². The lowest BCUT2D eigenvalue weighted by Crippen LogP contribution is -2.24. The molecule has 0 radical (unpaired) electrons. The molecular weight excluding hydrogens is 288 g/mol. The Balaban J connectivity index is 2.13. The summed E-state index contributed by atoms with van der Waals surface area (Å²) in [4.78, 5) is 17.4. The van der Waals surface area contributed by atoms with Gasteiger partial charge in [0.25, 0.3) is 5.56 Å². The van der Waals surface area contributed by atoms with E-state index in [1.807, 2.05) is 32.0 Å². The number of nitrogens with zero attached hydrogens (tertiary/aromatic N) is 2. The number of hydrogen-bond acceptors (Lipinski definition) is 3. The van der Waals surface area contributed by atoms with Gasteiger partial charge < -0.3 is 9.67 Å². The Kier molecular flexibility index (Phi) is 4.51. The molecular formula is C19H24N2O2. The normalized spacial score (nSPS) is 16.4. The Morgan fingerprint density at radius 3 is 2.74 bits per heavy atom. The third kappa shape index (κ3) is 2.90. The second-order valence-corrected chi connectivity index (χ2v) is 6.35. The van der Waals surface area contributed by atoms with Gasteiger partial charge in [-0.1, -0.05) is 31.4 Å². The van der Waals surface area contributed by atoms with Crippen molar-refractivity contribution in [1.29, 1.82) is 0 Å². The van der Waals surface area contributed by atoms with E-state index >= 15 is 0 Å². The van der Waals surface area contributed by atoms with Crippen LogP contribution in [0.5, 0.6) is 5.75 Å². The fraction of sp³-hybridized carbons (Fsp3) is 0.474. The standard InChI is InChI=1S/C19H24N2O2/c1-3-21-17-13(2)8-7-11-15(17)18(22)16(19(21)23)12-20-14-9-5-4-6-10-14/h7-8,11-12,14,22H,3-6,9-10H2,1-2H3. The molecule has 0 amide bonds. The molecule has 1 aliphatic carbocycles. The summed E-state index contributed by atoms with van der Waals surface area (Å²) in [6, 6.07) is 6.01. The van der Waals surface area contributed by atoms with Crippen molar-refractivity contribution >= 4 is 17.1 Å². The molecule has 0 atom stereocenters. The van der Waals surface area contributed by atoms with E-state index in [1.54, 1.807) is 10.8 Å². The molecule has 1 N–H and O–H groups in total. The summed E-state index contributed by atoms with van der Waals surface area (Å²) in [5.41, 5.74) is 1.96. The molecule has 1 aliphatic rings. The van der Waals surface area contributed by atoms with E-state index in [-0.39, 0.29) is 17.4 Å². The number of aromatic hydroxyl groups is 1. The van der Waals surface area contributed by atoms with Gasteiger partial charge in [-0.3, -0.25) is 9.79 Å². The van der Waals surface area contributed by atoms with E-state index in [4.69, 9.17) is 0 Å². The molecule has 2 aromatic rings. The minimum atomic E-state index is -0.161. The Hall–Kier alpha value is -2.10. The number of aromatic nitrogens is 1. The van der Waals surface area contributed by atoms with Gasteiger partial charge in [-0.2, -0.15) is 0 Å². The van der Waals surface area contributed by atoms with Crippen LogP contribution in [0.25, 0.3) is 10.9 Å². The molecule has 1 aromatic heterocycles. The zero-order valence-corrected chi connectivity index (χ0v) is 13.9. The number of pyridine rings is 1. The lowest BCUT2D eigenvalue weighted by atomic mass is 9.96. The molecule has 4 heteroatoms. The van der Waals surface area contributed by atoms with Crippen LogP contribution in [0.15, 0.2) is 28.0 Å². The maximum atomic E-state index is 12.8. The van der Waals surface area contributed by atoms with Crippen molar-refractivity contribution in [3.8, 4) is 5.75 Å². The molecule has 23 heavy (non-hydrogen) atoms. The number of hydrogen-bond donors (Lipinski definition) is 1. The first kappa shape index (κ1) is 15.8. The highest BCUT2D eigenvalue weighted by Gasteiger charge is 2.17. The molecule has 3 rings (SSSR count). The molecule has 1 heterocycles. The quantitative estimate of drug-likeness (QED) is 0.877. The van der Waals surface area contributed by atoms with Gasteiger partial charge in [0.15, 0.2) is 0 Å². The van der Waals surface area contributed by atoms with Crippen molar-refractivity contribution in [2.24, 2.45) is 4.99 Å². The number of aryl methyl sites for hydroxylation is 2. The fourth-order valence-corrected chi connectivity index (χ4v) is 3.53. The molecule has 1 saturated carbocycles. The summed E-state index contributed by atoms with van der Waals surface area (Å²) in [6.07, 6.45) is 7.42. The number of fused-ring (bicyclic) bond motifs is 1. The van der Waals surface area contributed by atoms with E-state index in [0.717, 1.165) is 29.3 Å². The summed E-state index contributed by atoms with van der Waals surface area (Å²) in [5.74, 6) is 0.0537. The maximum Gasteiger partial charge on any atom is 0.263 e. The van der Waals surface area contributed by atoms with Crippen LogP contribution in [-0.4, -0.2) is 21.9 Å². The average Bonchev–Trinajstić information content (AvgIpc) is 2.57. The van der Waals surface area contributed by atoms with Gasteiger partial charge in [0.2, 0.25) is 0 Å². The van der Waals surface area contributed by atoms with Gasteiger partial charge in [0.05, 0.1) is 5.52 Å². The monoisotopic (exact) mass is 312 g/mol. The molecule has 0 unspecified atom stereocenters. The minimum absolute atomic E-state index is 0.0537. The van der Waals surface area contributed by atoms with E-state index in [2.05, 4.69) is 4.99 Å². The van der Waals surface area contributed by atoms with Crippen molar-refractivity contribution in [3.05, 3.63) is 39.7 Å². The summed E-state index contributed by atoms with van der Waals surface area (Å²) in [5, 5.41) is 11.3. The predicted molar refractivity (Wildman–Crippen MR) is 94.8 cm³/mol. The van der Waals surface area contributed by atoms with Crippen LogP contribution in [0.4, 0.5) is 0 Å².